The summed E-state index contributed by atoms with van der Waals surface area (Å²) in [5.74, 6) is 1.56. The first-order valence-corrected chi connectivity index (χ1v) is 8.83. The Kier molecular flexibility index (Phi) is 5.93. The second-order valence-electron chi connectivity index (χ2n) is 5.92. The Morgan fingerprint density at radius 3 is 2.38 bits per heavy atom. The van der Waals surface area contributed by atoms with E-state index in [9.17, 15) is 8.78 Å². The highest BCUT2D eigenvalue weighted by Crippen LogP contribution is 2.40. The van der Waals surface area contributed by atoms with Gasteiger partial charge in [0.25, 0.3) is 0 Å². The summed E-state index contributed by atoms with van der Waals surface area (Å²) in [6, 6.07) is 10.6. The molecule has 6 heteroatoms. The number of rotatable bonds is 7. The minimum atomic E-state index is -2.86. The van der Waals surface area contributed by atoms with Crippen LogP contribution in [0.4, 0.5) is 8.78 Å². The van der Waals surface area contributed by atoms with E-state index in [1.54, 1.807) is 18.2 Å². The summed E-state index contributed by atoms with van der Waals surface area (Å²) in [5.41, 5.74) is 2.79. The van der Waals surface area contributed by atoms with Gasteiger partial charge in [-0.15, -0.1) is 0 Å². The summed E-state index contributed by atoms with van der Waals surface area (Å²) in [4.78, 5) is 0. The zero-order chi connectivity index (χ0) is 18.5. The average molecular weight is 363 g/mol. The van der Waals surface area contributed by atoms with Gasteiger partial charge in [0.15, 0.2) is 11.5 Å². The average Bonchev–Trinajstić information content (AvgIpc) is 2.62. The minimum absolute atomic E-state index is 0.180. The molecule has 0 saturated heterocycles. The number of hydrogen-bond acceptors (Lipinski definition) is 4. The van der Waals surface area contributed by atoms with Crippen LogP contribution in [-0.2, 0) is 6.42 Å². The predicted octanol–water partition coefficient (Wildman–Crippen LogP) is 4.32. The third-order valence-electron chi connectivity index (χ3n) is 4.31. The van der Waals surface area contributed by atoms with Gasteiger partial charge in [0.05, 0.1) is 19.3 Å². The molecule has 0 aromatic heterocycles. The van der Waals surface area contributed by atoms with Crippen molar-refractivity contribution in [2.24, 2.45) is 0 Å². The molecular formula is C20H23F2NO3. The van der Waals surface area contributed by atoms with E-state index in [1.165, 1.54) is 0 Å². The largest absolute Gasteiger partial charge is 0.490 e. The van der Waals surface area contributed by atoms with Crippen molar-refractivity contribution in [3.63, 3.8) is 0 Å². The molecule has 0 bridgehead atoms. The Bertz CT molecular complexity index is 752. The van der Waals surface area contributed by atoms with Crippen LogP contribution in [0.1, 0.15) is 36.6 Å². The first kappa shape index (κ1) is 18.5. The third kappa shape index (κ3) is 3.90. The van der Waals surface area contributed by atoms with Crippen LogP contribution in [0.2, 0.25) is 0 Å². The van der Waals surface area contributed by atoms with Gasteiger partial charge in [0.2, 0.25) is 0 Å². The van der Waals surface area contributed by atoms with E-state index >= 15 is 0 Å². The van der Waals surface area contributed by atoms with Crippen molar-refractivity contribution in [3.8, 4) is 17.2 Å². The van der Waals surface area contributed by atoms with Crippen LogP contribution in [0.15, 0.2) is 36.4 Å². The molecule has 0 amide bonds. The SMILES string of the molecule is CCOc1cc2c(cc1OCC)C(c1ccccc1OC(F)F)NCC2. The number of benzene rings is 2. The topological polar surface area (TPSA) is 39.7 Å². The van der Waals surface area contributed by atoms with Crippen LogP contribution in [-0.4, -0.2) is 26.4 Å². The van der Waals surface area contributed by atoms with Crippen molar-refractivity contribution in [1.29, 1.82) is 0 Å². The number of nitrogens with one attached hydrogen (secondary N) is 1. The Labute approximate surface area is 152 Å². The number of alkyl halides is 2. The van der Waals surface area contributed by atoms with Gasteiger partial charge in [-0.25, -0.2) is 0 Å². The fourth-order valence-electron chi connectivity index (χ4n) is 3.30. The monoisotopic (exact) mass is 363 g/mol. The van der Waals surface area contributed by atoms with E-state index in [1.807, 2.05) is 32.0 Å². The molecule has 1 unspecified atom stereocenters. The second-order valence-corrected chi connectivity index (χ2v) is 5.92. The number of halogens is 2. The van der Waals surface area contributed by atoms with Crippen molar-refractivity contribution < 1.29 is 23.0 Å². The van der Waals surface area contributed by atoms with E-state index in [2.05, 4.69) is 5.32 Å². The van der Waals surface area contributed by atoms with Crippen LogP contribution >= 0.6 is 0 Å². The third-order valence-corrected chi connectivity index (χ3v) is 4.31. The smallest absolute Gasteiger partial charge is 0.387 e. The lowest BCUT2D eigenvalue weighted by Crippen LogP contribution is -2.31. The predicted molar refractivity (Wildman–Crippen MR) is 95.4 cm³/mol. The van der Waals surface area contributed by atoms with Crippen molar-refractivity contribution in [2.45, 2.75) is 32.9 Å². The number of ether oxygens (including phenoxy) is 3. The highest BCUT2D eigenvalue weighted by molar-refractivity contribution is 5.53. The molecular weight excluding hydrogens is 340 g/mol. The fraction of sp³-hybridized carbons (Fsp3) is 0.400. The van der Waals surface area contributed by atoms with Gasteiger partial charge in [0.1, 0.15) is 5.75 Å². The van der Waals surface area contributed by atoms with Crippen molar-refractivity contribution in [1.82, 2.24) is 5.32 Å². The van der Waals surface area contributed by atoms with E-state index in [4.69, 9.17) is 14.2 Å². The van der Waals surface area contributed by atoms with Crippen molar-refractivity contribution >= 4 is 0 Å². The summed E-state index contributed by atoms with van der Waals surface area (Å²) in [6.07, 6.45) is 0.830. The molecule has 0 radical (unpaired) electrons. The van der Waals surface area contributed by atoms with Gasteiger partial charge in [-0.05, 0) is 49.6 Å². The van der Waals surface area contributed by atoms with Crippen LogP contribution < -0.4 is 19.5 Å². The minimum Gasteiger partial charge on any atom is -0.490 e. The van der Waals surface area contributed by atoms with Gasteiger partial charge in [-0.3, -0.25) is 0 Å². The molecule has 1 aliphatic rings. The van der Waals surface area contributed by atoms with Crippen LogP contribution in [0.5, 0.6) is 17.2 Å². The molecule has 4 nitrogen and oxygen atoms in total. The molecule has 0 aliphatic carbocycles. The molecule has 2 aromatic rings. The Morgan fingerprint density at radius 1 is 1.00 bits per heavy atom. The standard InChI is InChI=1S/C20H23F2NO3/c1-3-24-17-11-13-9-10-23-19(15(13)12-18(17)25-4-2)14-7-5-6-8-16(14)26-20(21)22/h5-8,11-12,19-20,23H,3-4,9-10H2,1-2H3. The molecule has 0 spiro atoms. The van der Waals surface area contributed by atoms with Crippen molar-refractivity contribution in [3.05, 3.63) is 53.1 Å². The maximum atomic E-state index is 12.8. The zero-order valence-electron chi connectivity index (χ0n) is 14.9. The van der Waals surface area contributed by atoms with Crippen LogP contribution in [0.25, 0.3) is 0 Å². The first-order chi connectivity index (χ1) is 12.6. The molecule has 0 fully saturated rings. The summed E-state index contributed by atoms with van der Waals surface area (Å²) in [7, 11) is 0. The Morgan fingerprint density at radius 2 is 1.69 bits per heavy atom. The highest BCUT2D eigenvalue weighted by Gasteiger charge is 2.27. The maximum absolute atomic E-state index is 12.8. The lowest BCUT2D eigenvalue weighted by molar-refractivity contribution is -0.0506. The first-order valence-electron chi connectivity index (χ1n) is 8.83. The molecule has 1 atom stereocenters. The maximum Gasteiger partial charge on any atom is 0.387 e. The quantitative estimate of drug-likeness (QED) is 0.795. The van der Waals surface area contributed by atoms with Gasteiger partial charge in [-0.2, -0.15) is 8.78 Å². The molecule has 2 aromatic carbocycles. The number of fused-ring (bicyclic) bond motifs is 1. The van der Waals surface area contributed by atoms with E-state index < -0.39 is 6.61 Å². The molecule has 26 heavy (non-hydrogen) atoms. The lowest BCUT2D eigenvalue weighted by Gasteiger charge is -2.29. The highest BCUT2D eigenvalue weighted by atomic mass is 19.3. The van der Waals surface area contributed by atoms with Gasteiger partial charge >= 0.3 is 6.61 Å². The lowest BCUT2D eigenvalue weighted by atomic mass is 9.89. The van der Waals surface area contributed by atoms with E-state index in [-0.39, 0.29) is 11.8 Å². The van der Waals surface area contributed by atoms with Crippen LogP contribution in [0.3, 0.4) is 0 Å². The summed E-state index contributed by atoms with van der Waals surface area (Å²) >= 11 is 0. The van der Waals surface area contributed by atoms with Gasteiger partial charge in [0, 0.05) is 12.1 Å². The summed E-state index contributed by atoms with van der Waals surface area (Å²) in [5, 5.41) is 3.40. The Hall–Kier alpha value is -2.34. The molecule has 1 aliphatic heterocycles. The normalized spacial score (nSPS) is 16.3. The number of hydrogen-bond donors (Lipinski definition) is 1. The molecule has 0 saturated carbocycles. The number of para-hydroxylation sites is 1. The Balaban J connectivity index is 2.05. The molecule has 1 heterocycles. The molecule has 3 rings (SSSR count). The zero-order valence-corrected chi connectivity index (χ0v) is 14.9. The fourth-order valence-corrected chi connectivity index (χ4v) is 3.30. The molecule has 1 N–H and O–H groups in total. The van der Waals surface area contributed by atoms with E-state index in [0.717, 1.165) is 24.1 Å². The second kappa shape index (κ2) is 8.36. The molecule has 140 valence electrons. The van der Waals surface area contributed by atoms with Gasteiger partial charge < -0.3 is 19.5 Å². The van der Waals surface area contributed by atoms with Gasteiger partial charge in [-0.1, -0.05) is 18.2 Å². The van der Waals surface area contributed by atoms with Crippen molar-refractivity contribution in [2.75, 3.05) is 19.8 Å². The van der Waals surface area contributed by atoms with E-state index in [0.29, 0.717) is 30.3 Å². The summed E-state index contributed by atoms with van der Waals surface area (Å²) in [6.45, 7) is 2.78. The summed E-state index contributed by atoms with van der Waals surface area (Å²) < 4.78 is 41.7. The van der Waals surface area contributed by atoms with Crippen LogP contribution in [0, 0.1) is 0 Å².